The van der Waals surface area contributed by atoms with Crippen molar-refractivity contribution < 1.29 is 14.7 Å². The minimum absolute atomic E-state index is 0.128. The third kappa shape index (κ3) is 4.61. The fraction of sp³-hybridized carbons (Fsp3) is 0.133. The molecule has 0 radical (unpaired) electrons. The summed E-state index contributed by atoms with van der Waals surface area (Å²) in [6.45, 7) is 1.96. The number of aryl methyl sites for hydroxylation is 1. The number of hydrogen-bond acceptors (Lipinski definition) is 4. The van der Waals surface area contributed by atoms with E-state index in [1.165, 1.54) is 24.0 Å². The maximum atomic E-state index is 11.8. The van der Waals surface area contributed by atoms with Crippen molar-refractivity contribution in [1.82, 2.24) is 4.98 Å². The van der Waals surface area contributed by atoms with Crippen molar-refractivity contribution in [2.45, 2.75) is 11.9 Å². The summed E-state index contributed by atoms with van der Waals surface area (Å²) in [5.41, 5.74) is 1.96. The Bertz CT molecular complexity index is 656. The summed E-state index contributed by atoms with van der Waals surface area (Å²) in [5.74, 6) is -0.932. The average Bonchev–Trinajstić information content (AvgIpc) is 2.45. The fourth-order valence-corrected chi connectivity index (χ4v) is 2.29. The first-order valence-corrected chi connectivity index (χ1v) is 7.22. The molecule has 21 heavy (non-hydrogen) atoms. The van der Waals surface area contributed by atoms with Crippen LogP contribution in [-0.2, 0) is 4.79 Å². The number of carbonyl (C=O) groups excluding carboxylic acids is 1. The first-order chi connectivity index (χ1) is 10.0. The van der Waals surface area contributed by atoms with Crippen LogP contribution in [-0.4, -0.2) is 27.7 Å². The molecule has 5 nitrogen and oxygen atoms in total. The van der Waals surface area contributed by atoms with Gasteiger partial charge in [-0.2, -0.15) is 0 Å². The number of thioether (sulfide) groups is 1. The molecule has 0 fully saturated rings. The molecule has 0 saturated carbocycles. The third-order valence-electron chi connectivity index (χ3n) is 2.64. The molecule has 0 atom stereocenters. The molecule has 0 saturated heterocycles. The van der Waals surface area contributed by atoms with Crippen molar-refractivity contribution >= 4 is 29.3 Å². The highest BCUT2D eigenvalue weighted by Crippen LogP contribution is 2.16. The molecule has 0 aliphatic carbocycles. The molecule has 0 aliphatic rings. The molecule has 0 aliphatic heterocycles. The molecule has 0 spiro atoms. The van der Waals surface area contributed by atoms with Crippen LogP contribution < -0.4 is 5.32 Å². The highest BCUT2D eigenvalue weighted by atomic mass is 32.2. The van der Waals surface area contributed by atoms with Crippen LogP contribution in [0.25, 0.3) is 0 Å². The van der Waals surface area contributed by atoms with E-state index in [4.69, 9.17) is 5.11 Å². The van der Waals surface area contributed by atoms with E-state index < -0.39 is 5.97 Å². The molecule has 1 aromatic carbocycles. The molecule has 2 rings (SSSR count). The summed E-state index contributed by atoms with van der Waals surface area (Å²) in [7, 11) is 0. The van der Waals surface area contributed by atoms with E-state index in [9.17, 15) is 9.59 Å². The smallest absolute Gasteiger partial charge is 0.337 e. The number of rotatable bonds is 5. The van der Waals surface area contributed by atoms with E-state index in [1.54, 1.807) is 6.07 Å². The second kappa shape index (κ2) is 6.90. The molecule has 2 aromatic rings. The lowest BCUT2D eigenvalue weighted by atomic mass is 10.2. The van der Waals surface area contributed by atoms with Gasteiger partial charge in [0.15, 0.2) is 0 Å². The molecule has 6 heteroatoms. The number of benzene rings is 1. The topological polar surface area (TPSA) is 79.3 Å². The summed E-state index contributed by atoms with van der Waals surface area (Å²) < 4.78 is 0. The SMILES string of the molecule is Cc1cccc(NC(=O)CSc2ccc(C(=O)O)cn2)c1. The monoisotopic (exact) mass is 302 g/mol. The van der Waals surface area contributed by atoms with E-state index in [0.717, 1.165) is 11.3 Å². The number of carboxylic acid groups (broad SMARTS) is 1. The molecule has 1 heterocycles. The highest BCUT2D eigenvalue weighted by molar-refractivity contribution is 7.99. The van der Waals surface area contributed by atoms with Gasteiger partial charge < -0.3 is 10.4 Å². The van der Waals surface area contributed by atoms with Gasteiger partial charge in [-0.1, -0.05) is 23.9 Å². The second-order valence-electron chi connectivity index (χ2n) is 4.40. The Hall–Kier alpha value is -2.34. The van der Waals surface area contributed by atoms with Gasteiger partial charge in [-0.15, -0.1) is 0 Å². The van der Waals surface area contributed by atoms with Gasteiger partial charge in [0.2, 0.25) is 5.91 Å². The van der Waals surface area contributed by atoms with Crippen molar-refractivity contribution in [3.63, 3.8) is 0 Å². The van der Waals surface area contributed by atoms with E-state index >= 15 is 0 Å². The van der Waals surface area contributed by atoms with Gasteiger partial charge in [-0.25, -0.2) is 9.78 Å². The summed E-state index contributed by atoms with van der Waals surface area (Å²) in [6.07, 6.45) is 1.28. The zero-order valence-corrected chi connectivity index (χ0v) is 12.2. The van der Waals surface area contributed by atoms with E-state index in [0.29, 0.717) is 5.03 Å². The number of amides is 1. The minimum Gasteiger partial charge on any atom is -0.478 e. The maximum absolute atomic E-state index is 11.8. The van der Waals surface area contributed by atoms with Crippen molar-refractivity contribution in [2.75, 3.05) is 11.1 Å². The molecule has 0 bridgehead atoms. The van der Waals surface area contributed by atoms with Gasteiger partial charge in [-0.3, -0.25) is 4.79 Å². The minimum atomic E-state index is -1.02. The molecular formula is C15H14N2O3S. The number of anilines is 1. The molecule has 1 aromatic heterocycles. The van der Waals surface area contributed by atoms with Crippen LogP contribution >= 0.6 is 11.8 Å². The third-order valence-corrected chi connectivity index (χ3v) is 3.58. The van der Waals surface area contributed by atoms with Crippen molar-refractivity contribution in [3.8, 4) is 0 Å². The predicted octanol–water partition coefficient (Wildman–Crippen LogP) is 2.82. The van der Waals surface area contributed by atoms with Gasteiger partial charge in [-0.05, 0) is 36.8 Å². The zero-order chi connectivity index (χ0) is 15.2. The van der Waals surface area contributed by atoms with E-state index in [1.807, 2.05) is 31.2 Å². The van der Waals surface area contributed by atoms with Crippen molar-refractivity contribution in [3.05, 3.63) is 53.7 Å². The Kier molecular flexibility index (Phi) is 4.94. The summed E-state index contributed by atoms with van der Waals surface area (Å²) in [6, 6.07) is 10.6. The lowest BCUT2D eigenvalue weighted by Gasteiger charge is -2.05. The maximum Gasteiger partial charge on any atom is 0.337 e. The van der Waals surface area contributed by atoms with Gasteiger partial charge in [0.05, 0.1) is 16.3 Å². The van der Waals surface area contributed by atoms with Crippen LogP contribution in [0.4, 0.5) is 5.69 Å². The van der Waals surface area contributed by atoms with Gasteiger partial charge in [0.25, 0.3) is 0 Å². The molecule has 2 N–H and O–H groups in total. The van der Waals surface area contributed by atoms with Gasteiger partial charge in [0, 0.05) is 11.9 Å². The van der Waals surface area contributed by atoms with Crippen LogP contribution in [0, 0.1) is 6.92 Å². The lowest BCUT2D eigenvalue weighted by Crippen LogP contribution is -2.14. The normalized spacial score (nSPS) is 10.1. The Morgan fingerprint density at radius 1 is 1.29 bits per heavy atom. The first kappa shape index (κ1) is 15.1. The first-order valence-electron chi connectivity index (χ1n) is 6.23. The summed E-state index contributed by atoms with van der Waals surface area (Å²) in [4.78, 5) is 26.5. The summed E-state index contributed by atoms with van der Waals surface area (Å²) >= 11 is 1.26. The van der Waals surface area contributed by atoms with E-state index in [-0.39, 0.29) is 17.2 Å². The van der Waals surface area contributed by atoms with Crippen LogP contribution in [0.3, 0.4) is 0 Å². The van der Waals surface area contributed by atoms with Crippen LogP contribution in [0.2, 0.25) is 0 Å². The second-order valence-corrected chi connectivity index (χ2v) is 5.39. The molecular weight excluding hydrogens is 288 g/mol. The zero-order valence-electron chi connectivity index (χ0n) is 11.4. The van der Waals surface area contributed by atoms with Gasteiger partial charge >= 0.3 is 5.97 Å². The predicted molar refractivity (Wildman–Crippen MR) is 81.7 cm³/mol. The van der Waals surface area contributed by atoms with Crippen LogP contribution in [0.15, 0.2) is 47.6 Å². The fourth-order valence-electron chi connectivity index (χ4n) is 1.65. The molecule has 0 unspecified atom stereocenters. The Balaban J connectivity index is 1.87. The van der Waals surface area contributed by atoms with Crippen molar-refractivity contribution in [1.29, 1.82) is 0 Å². The van der Waals surface area contributed by atoms with Crippen LogP contribution in [0.5, 0.6) is 0 Å². The number of carbonyl (C=O) groups is 2. The highest BCUT2D eigenvalue weighted by Gasteiger charge is 2.06. The van der Waals surface area contributed by atoms with Crippen molar-refractivity contribution in [2.24, 2.45) is 0 Å². The number of aromatic nitrogens is 1. The molecule has 1 amide bonds. The Morgan fingerprint density at radius 2 is 2.10 bits per heavy atom. The number of pyridine rings is 1. The summed E-state index contributed by atoms with van der Waals surface area (Å²) in [5, 5.41) is 12.2. The van der Waals surface area contributed by atoms with Crippen LogP contribution in [0.1, 0.15) is 15.9 Å². The number of nitrogens with one attached hydrogen (secondary N) is 1. The van der Waals surface area contributed by atoms with Gasteiger partial charge in [0.1, 0.15) is 0 Å². The number of carboxylic acids is 1. The van der Waals surface area contributed by atoms with E-state index in [2.05, 4.69) is 10.3 Å². The average molecular weight is 302 g/mol. The number of aromatic carboxylic acids is 1. The largest absolute Gasteiger partial charge is 0.478 e. The Labute approximate surface area is 126 Å². The standard InChI is InChI=1S/C15H14N2O3S/c1-10-3-2-4-12(7-10)17-13(18)9-21-14-6-5-11(8-16-14)15(19)20/h2-8H,9H2,1H3,(H,17,18)(H,19,20). The molecule has 108 valence electrons. The number of nitrogens with zero attached hydrogens (tertiary/aromatic N) is 1. The lowest BCUT2D eigenvalue weighted by molar-refractivity contribution is -0.113. The quantitative estimate of drug-likeness (QED) is 0.830. The number of hydrogen-bond donors (Lipinski definition) is 2. The Morgan fingerprint density at radius 3 is 2.71 bits per heavy atom.